The third-order valence-corrected chi connectivity index (χ3v) is 5.04. The monoisotopic (exact) mass is 374 g/mol. The Morgan fingerprint density at radius 3 is 2.88 bits per heavy atom. The van der Waals surface area contributed by atoms with E-state index in [-0.39, 0.29) is 0 Å². The molecule has 8 nitrogen and oxygen atoms in total. The molecule has 138 valence electrons. The van der Waals surface area contributed by atoms with Gasteiger partial charge in [-0.2, -0.15) is 15.9 Å². The lowest BCUT2D eigenvalue weighted by Crippen LogP contribution is -2.49. The topological polar surface area (TPSA) is 87.8 Å². The number of ether oxygens (including phenoxy) is 1. The third-order valence-electron chi connectivity index (χ3n) is 4.36. The van der Waals surface area contributed by atoms with Crippen LogP contribution in [0.15, 0.2) is 29.0 Å². The number of aliphatic hydroxyl groups is 1. The first kappa shape index (κ1) is 17.3. The minimum absolute atomic E-state index is 0.402. The maximum atomic E-state index is 10.7. The lowest BCUT2D eigenvalue weighted by Gasteiger charge is -2.33. The number of nitrogens with one attached hydrogen (secondary N) is 1. The normalized spacial score (nSPS) is 18.1. The molecule has 1 atom stereocenters. The Kier molecular flexibility index (Phi) is 4.86. The van der Waals surface area contributed by atoms with E-state index >= 15 is 0 Å². The molecule has 0 amide bonds. The highest BCUT2D eigenvalue weighted by atomic mass is 32.1. The number of hydrogen-bond donors (Lipinski definition) is 2. The summed E-state index contributed by atoms with van der Waals surface area (Å²) < 4.78 is 7.08. The molecule has 9 heteroatoms. The van der Waals surface area contributed by atoms with Crippen LogP contribution in [0, 0.1) is 0 Å². The van der Waals surface area contributed by atoms with Crippen molar-refractivity contribution in [1.82, 2.24) is 24.7 Å². The molecule has 0 spiro atoms. The number of β-amino-alcohol motifs (C(OH)–C–C–N with tert-alkyl or cyclic N) is 1. The Morgan fingerprint density at radius 1 is 1.27 bits per heavy atom. The third kappa shape index (κ3) is 3.85. The number of fused-ring (bicyclic) bond motifs is 1. The van der Waals surface area contributed by atoms with Gasteiger partial charge in [0, 0.05) is 37.1 Å². The van der Waals surface area contributed by atoms with E-state index in [1.54, 1.807) is 15.9 Å². The lowest BCUT2D eigenvalue weighted by atomic mass is 10.1. The van der Waals surface area contributed by atoms with Crippen LogP contribution < -0.4 is 5.32 Å². The lowest BCUT2D eigenvalue weighted by molar-refractivity contribution is -0.0164. The highest BCUT2D eigenvalue weighted by molar-refractivity contribution is 7.08. The molecule has 2 N–H and O–H groups in total. The Hall–Kier alpha value is -2.07. The van der Waals surface area contributed by atoms with Gasteiger partial charge in [0.1, 0.15) is 5.82 Å². The highest BCUT2D eigenvalue weighted by Gasteiger charge is 2.25. The van der Waals surface area contributed by atoms with E-state index in [1.807, 2.05) is 35.9 Å². The smallest absolute Gasteiger partial charge is 0.186 e. The van der Waals surface area contributed by atoms with E-state index in [2.05, 4.69) is 25.5 Å². The molecule has 1 fully saturated rings. The molecule has 3 aromatic rings. The van der Waals surface area contributed by atoms with E-state index in [1.165, 1.54) is 0 Å². The fourth-order valence-corrected chi connectivity index (χ4v) is 3.67. The predicted octanol–water partition coefficient (Wildman–Crippen LogP) is 1.35. The summed E-state index contributed by atoms with van der Waals surface area (Å²) in [7, 11) is 0. The molecule has 1 aliphatic rings. The molecule has 4 heterocycles. The number of nitrogens with zero attached hydrogens (tertiary/aromatic N) is 5. The molecule has 26 heavy (non-hydrogen) atoms. The van der Waals surface area contributed by atoms with Gasteiger partial charge in [-0.1, -0.05) is 0 Å². The van der Waals surface area contributed by atoms with E-state index in [0.29, 0.717) is 30.4 Å². The summed E-state index contributed by atoms with van der Waals surface area (Å²) in [6.45, 7) is 5.98. The first-order valence-electron chi connectivity index (χ1n) is 8.62. The number of anilines is 1. The number of morpholine rings is 1. The average Bonchev–Trinajstić information content (AvgIpc) is 3.29. The average molecular weight is 374 g/mol. The van der Waals surface area contributed by atoms with Gasteiger partial charge < -0.3 is 15.2 Å². The molecule has 0 aliphatic carbocycles. The van der Waals surface area contributed by atoms with Crippen LogP contribution in [0.3, 0.4) is 0 Å². The van der Waals surface area contributed by atoms with E-state index in [0.717, 1.165) is 31.9 Å². The number of thiophene rings is 1. The first-order valence-corrected chi connectivity index (χ1v) is 9.56. The minimum Gasteiger partial charge on any atom is -0.387 e. The van der Waals surface area contributed by atoms with Crippen molar-refractivity contribution in [2.24, 2.45) is 0 Å². The zero-order chi connectivity index (χ0) is 18.0. The van der Waals surface area contributed by atoms with Crippen molar-refractivity contribution in [2.45, 2.75) is 12.5 Å². The SMILES string of the molecule is CC(O)(CNc1ccc2nnc(-c3ccsc3)n2n1)CN1CCOCC1. The van der Waals surface area contributed by atoms with Gasteiger partial charge in [0.05, 0.1) is 18.8 Å². The fourth-order valence-electron chi connectivity index (χ4n) is 3.03. The predicted molar refractivity (Wildman–Crippen MR) is 100 cm³/mol. The zero-order valence-corrected chi connectivity index (χ0v) is 15.4. The van der Waals surface area contributed by atoms with Crippen LogP contribution in [0.25, 0.3) is 17.0 Å². The number of rotatable bonds is 6. The van der Waals surface area contributed by atoms with Crippen LogP contribution in [0.2, 0.25) is 0 Å². The Labute approximate surface area is 155 Å². The summed E-state index contributed by atoms with van der Waals surface area (Å²) in [5, 5.41) is 30.9. The maximum Gasteiger partial charge on any atom is 0.186 e. The van der Waals surface area contributed by atoms with Crippen molar-refractivity contribution in [2.75, 3.05) is 44.7 Å². The van der Waals surface area contributed by atoms with Gasteiger partial charge in [-0.15, -0.1) is 15.3 Å². The molecule has 1 saturated heterocycles. The van der Waals surface area contributed by atoms with Gasteiger partial charge in [0.15, 0.2) is 11.5 Å². The van der Waals surface area contributed by atoms with Crippen molar-refractivity contribution in [1.29, 1.82) is 0 Å². The van der Waals surface area contributed by atoms with E-state index in [4.69, 9.17) is 4.74 Å². The molecule has 3 aromatic heterocycles. The minimum atomic E-state index is -0.864. The van der Waals surface area contributed by atoms with Crippen molar-refractivity contribution in [3.8, 4) is 11.4 Å². The van der Waals surface area contributed by atoms with Crippen LogP contribution in [-0.4, -0.2) is 74.8 Å². The second-order valence-electron chi connectivity index (χ2n) is 6.76. The van der Waals surface area contributed by atoms with Crippen LogP contribution in [-0.2, 0) is 4.74 Å². The largest absolute Gasteiger partial charge is 0.387 e. The maximum absolute atomic E-state index is 10.7. The van der Waals surface area contributed by atoms with Crippen LogP contribution >= 0.6 is 11.3 Å². The number of aromatic nitrogens is 4. The summed E-state index contributed by atoms with van der Waals surface area (Å²) in [4.78, 5) is 2.22. The molecule has 4 rings (SSSR count). The standard InChI is InChI=1S/C17H22N6O2S/c1-17(24,12-22-5-7-25-8-6-22)11-18-14-2-3-15-19-20-16(23(15)21-14)13-4-9-26-10-13/h2-4,9-10,24H,5-8,11-12H2,1H3,(H,18,21). The van der Waals surface area contributed by atoms with Crippen LogP contribution in [0.5, 0.6) is 0 Å². The molecule has 1 aliphatic heterocycles. The van der Waals surface area contributed by atoms with Gasteiger partial charge >= 0.3 is 0 Å². The molecule has 0 aromatic carbocycles. The van der Waals surface area contributed by atoms with Crippen molar-refractivity contribution in [3.63, 3.8) is 0 Å². The molecule has 1 unspecified atom stereocenters. The molecule has 0 saturated carbocycles. The second kappa shape index (κ2) is 7.28. The van der Waals surface area contributed by atoms with Gasteiger partial charge in [0.25, 0.3) is 0 Å². The number of hydrogen-bond acceptors (Lipinski definition) is 8. The molecule has 0 radical (unpaired) electrons. The molecular formula is C17H22N6O2S. The molecule has 0 bridgehead atoms. The van der Waals surface area contributed by atoms with E-state index in [9.17, 15) is 5.11 Å². The van der Waals surface area contributed by atoms with Gasteiger partial charge in [-0.25, -0.2) is 0 Å². The summed E-state index contributed by atoms with van der Waals surface area (Å²) >= 11 is 1.61. The van der Waals surface area contributed by atoms with Gasteiger partial charge in [-0.05, 0) is 30.5 Å². The van der Waals surface area contributed by atoms with Crippen LogP contribution in [0.1, 0.15) is 6.92 Å². The van der Waals surface area contributed by atoms with Crippen molar-refractivity contribution >= 4 is 22.8 Å². The quantitative estimate of drug-likeness (QED) is 0.673. The Balaban J connectivity index is 1.46. The van der Waals surface area contributed by atoms with Gasteiger partial charge in [0.2, 0.25) is 0 Å². The van der Waals surface area contributed by atoms with Crippen molar-refractivity contribution in [3.05, 3.63) is 29.0 Å². The zero-order valence-electron chi connectivity index (χ0n) is 14.6. The second-order valence-corrected chi connectivity index (χ2v) is 7.54. The van der Waals surface area contributed by atoms with E-state index < -0.39 is 5.60 Å². The van der Waals surface area contributed by atoms with Gasteiger partial charge in [-0.3, -0.25) is 4.90 Å². The fraction of sp³-hybridized carbons (Fsp3) is 0.471. The Morgan fingerprint density at radius 2 is 2.12 bits per heavy atom. The summed E-state index contributed by atoms with van der Waals surface area (Å²) in [5.41, 5.74) is 0.820. The Bertz CT molecular complexity index is 857. The highest BCUT2D eigenvalue weighted by Crippen LogP contribution is 2.21. The first-order chi connectivity index (χ1) is 12.6. The van der Waals surface area contributed by atoms with Crippen molar-refractivity contribution < 1.29 is 9.84 Å². The summed E-state index contributed by atoms with van der Waals surface area (Å²) in [6.07, 6.45) is 0. The molecular weight excluding hydrogens is 352 g/mol. The summed E-state index contributed by atoms with van der Waals surface area (Å²) in [6, 6.07) is 5.72. The van der Waals surface area contributed by atoms with Crippen LogP contribution in [0.4, 0.5) is 5.82 Å². The summed E-state index contributed by atoms with van der Waals surface area (Å²) in [5.74, 6) is 1.39.